The maximum Gasteiger partial charge on any atom is 0.264 e. The first-order valence-corrected chi connectivity index (χ1v) is 12.1. The Morgan fingerprint density at radius 1 is 1.12 bits per heavy atom. The Morgan fingerprint density at radius 2 is 1.88 bits per heavy atom. The van der Waals surface area contributed by atoms with Gasteiger partial charge in [-0.15, -0.1) is 11.3 Å². The highest BCUT2D eigenvalue weighted by molar-refractivity contribution is 7.21. The molecule has 0 amide bonds. The Labute approximate surface area is 194 Å². The third-order valence-electron chi connectivity index (χ3n) is 6.78. The van der Waals surface area contributed by atoms with Gasteiger partial charge in [0, 0.05) is 12.0 Å². The molecule has 0 bridgehead atoms. The van der Waals surface area contributed by atoms with Crippen LogP contribution in [0.25, 0.3) is 20.8 Å². The van der Waals surface area contributed by atoms with E-state index in [-0.39, 0.29) is 11.6 Å². The number of fused-ring (bicyclic) bond motifs is 1. The number of aromatic nitrogens is 3. The molecule has 4 atom stereocenters. The second-order valence-corrected chi connectivity index (χ2v) is 10.7. The van der Waals surface area contributed by atoms with Crippen molar-refractivity contribution in [2.45, 2.75) is 69.4 Å². The van der Waals surface area contributed by atoms with Gasteiger partial charge in [0.05, 0.1) is 28.0 Å². The van der Waals surface area contributed by atoms with E-state index >= 15 is 0 Å². The van der Waals surface area contributed by atoms with E-state index in [1.807, 2.05) is 24.3 Å². The van der Waals surface area contributed by atoms with Crippen LogP contribution in [0.1, 0.15) is 39.5 Å². The maximum atomic E-state index is 13.2. The maximum absolute atomic E-state index is 13.2. The fraction of sp³-hybridized carbons (Fsp3) is 0.522. The Hall–Kier alpha value is -2.53. The average molecular weight is 472 g/mol. The number of nitrogens with zero attached hydrogens (tertiary/aromatic N) is 2. The average Bonchev–Trinajstić information content (AvgIpc) is 3.26. The molecule has 0 saturated heterocycles. The molecule has 0 aliphatic heterocycles. The van der Waals surface area contributed by atoms with Crippen molar-refractivity contribution in [3.05, 3.63) is 34.6 Å². The van der Waals surface area contributed by atoms with Crippen LogP contribution in [0.5, 0.6) is 0 Å². The first-order valence-electron chi connectivity index (χ1n) is 11.3. The lowest BCUT2D eigenvalue weighted by molar-refractivity contribution is -0.0601. The van der Waals surface area contributed by atoms with Gasteiger partial charge in [0.2, 0.25) is 5.95 Å². The molecule has 0 spiro atoms. The van der Waals surface area contributed by atoms with Gasteiger partial charge in [0.25, 0.3) is 5.56 Å². The summed E-state index contributed by atoms with van der Waals surface area (Å²) in [5.41, 5.74) is -0.410. The Bertz CT molecular complexity index is 1180. The Kier molecular flexibility index (Phi) is 5.64. The molecule has 2 aromatic heterocycles. The molecule has 10 heteroatoms. The number of H-pyrrole nitrogens is 1. The lowest BCUT2D eigenvalue weighted by atomic mass is 9.88. The van der Waals surface area contributed by atoms with Gasteiger partial charge in [-0.25, -0.2) is 4.98 Å². The van der Waals surface area contributed by atoms with E-state index in [0.29, 0.717) is 28.8 Å². The fourth-order valence-electron chi connectivity index (χ4n) is 4.62. The van der Waals surface area contributed by atoms with Gasteiger partial charge in [0.1, 0.15) is 22.5 Å². The summed E-state index contributed by atoms with van der Waals surface area (Å²) in [6, 6.07) is 7.34. The molecule has 1 aromatic carbocycles. The highest BCUT2D eigenvalue weighted by Gasteiger charge is 2.48. The number of aliphatic hydroxyl groups excluding tert-OH is 2. The van der Waals surface area contributed by atoms with Crippen molar-refractivity contribution in [2.75, 3.05) is 10.6 Å². The molecule has 9 nitrogen and oxygen atoms in total. The van der Waals surface area contributed by atoms with Gasteiger partial charge in [0.15, 0.2) is 0 Å². The number of benzene rings is 1. The van der Waals surface area contributed by atoms with E-state index in [4.69, 9.17) is 0 Å². The molecule has 6 N–H and O–H groups in total. The number of aliphatic hydroxyl groups is 3. The summed E-state index contributed by atoms with van der Waals surface area (Å²) in [7, 11) is 0. The van der Waals surface area contributed by atoms with Crippen LogP contribution in [0.4, 0.5) is 11.8 Å². The van der Waals surface area contributed by atoms with Crippen molar-refractivity contribution < 1.29 is 15.3 Å². The van der Waals surface area contributed by atoms with Crippen molar-refractivity contribution in [1.29, 1.82) is 0 Å². The molecule has 176 valence electrons. The largest absolute Gasteiger partial charge is 0.390 e. The monoisotopic (exact) mass is 471 g/mol. The number of nitrogens with one attached hydrogen (secondary N) is 3. The van der Waals surface area contributed by atoms with Gasteiger partial charge in [-0.3, -0.25) is 9.78 Å². The molecule has 33 heavy (non-hydrogen) atoms. The van der Waals surface area contributed by atoms with Crippen LogP contribution in [-0.2, 0) is 0 Å². The minimum Gasteiger partial charge on any atom is -0.390 e. The van der Waals surface area contributed by atoms with E-state index in [2.05, 4.69) is 25.6 Å². The predicted octanol–water partition coefficient (Wildman–Crippen LogP) is 2.30. The summed E-state index contributed by atoms with van der Waals surface area (Å²) < 4.78 is 0.952. The molecule has 5 rings (SSSR count). The third-order valence-corrected chi connectivity index (χ3v) is 7.84. The minimum absolute atomic E-state index is 0.271. The number of anilines is 2. The second-order valence-electron chi connectivity index (χ2n) is 9.62. The van der Waals surface area contributed by atoms with Gasteiger partial charge >= 0.3 is 0 Å². The van der Waals surface area contributed by atoms with Crippen molar-refractivity contribution in [1.82, 2.24) is 15.0 Å². The lowest BCUT2D eigenvalue weighted by Crippen LogP contribution is -2.40. The van der Waals surface area contributed by atoms with Gasteiger partial charge < -0.3 is 26.0 Å². The second kappa shape index (κ2) is 8.35. The Balaban J connectivity index is 1.54. The highest BCUT2D eigenvalue weighted by atomic mass is 32.1. The molecular weight excluding hydrogens is 442 g/mol. The van der Waals surface area contributed by atoms with E-state index in [9.17, 15) is 20.1 Å². The van der Waals surface area contributed by atoms with Gasteiger partial charge in [-0.05, 0) is 51.7 Å². The highest BCUT2D eigenvalue weighted by Crippen LogP contribution is 2.38. The van der Waals surface area contributed by atoms with Crippen molar-refractivity contribution in [3.63, 3.8) is 0 Å². The Morgan fingerprint density at radius 3 is 2.52 bits per heavy atom. The molecular formula is C23H29N5O4S. The van der Waals surface area contributed by atoms with Crippen LogP contribution in [0, 0.1) is 5.92 Å². The zero-order valence-corrected chi connectivity index (χ0v) is 19.4. The SMILES string of the molecule is CC(C)(O)[C@H]1C[C@@H](Nc2nc(NC3CCC3)[nH]c(=O)c2-c2nc3ccccc3s2)[C@H](O)[C@@H]1O. The van der Waals surface area contributed by atoms with Crippen LogP contribution < -0.4 is 16.2 Å². The molecule has 2 fully saturated rings. The normalized spacial score (nSPS) is 25.8. The summed E-state index contributed by atoms with van der Waals surface area (Å²) in [6.45, 7) is 3.24. The van der Waals surface area contributed by atoms with Crippen molar-refractivity contribution in [3.8, 4) is 10.6 Å². The minimum atomic E-state index is -1.16. The van der Waals surface area contributed by atoms with Crippen LogP contribution in [0.2, 0.25) is 0 Å². The topological polar surface area (TPSA) is 143 Å². The predicted molar refractivity (Wildman–Crippen MR) is 129 cm³/mol. The number of rotatable bonds is 6. The smallest absolute Gasteiger partial charge is 0.264 e. The van der Waals surface area contributed by atoms with Crippen LogP contribution in [-0.4, -0.2) is 60.2 Å². The summed E-state index contributed by atoms with van der Waals surface area (Å²) in [6.07, 6.45) is 1.29. The number of aromatic amines is 1. The van der Waals surface area contributed by atoms with Crippen molar-refractivity contribution in [2.24, 2.45) is 5.92 Å². The van der Waals surface area contributed by atoms with Gasteiger partial charge in [-0.2, -0.15) is 4.98 Å². The summed E-state index contributed by atoms with van der Waals surface area (Å²) in [5, 5.41) is 38.6. The quantitative estimate of drug-likeness (QED) is 0.321. The first kappa shape index (κ1) is 22.3. The molecule has 0 radical (unpaired) electrons. The van der Waals surface area contributed by atoms with E-state index in [1.54, 1.807) is 13.8 Å². The van der Waals surface area contributed by atoms with Crippen LogP contribution >= 0.6 is 11.3 Å². The summed E-state index contributed by atoms with van der Waals surface area (Å²) in [5.74, 6) is 0.141. The number of hydrogen-bond acceptors (Lipinski definition) is 9. The number of hydrogen-bond donors (Lipinski definition) is 6. The van der Waals surface area contributed by atoms with E-state index in [1.165, 1.54) is 11.3 Å². The van der Waals surface area contributed by atoms with E-state index in [0.717, 1.165) is 29.5 Å². The van der Waals surface area contributed by atoms with E-state index < -0.39 is 29.8 Å². The summed E-state index contributed by atoms with van der Waals surface area (Å²) in [4.78, 5) is 25.3. The molecule has 0 unspecified atom stereocenters. The first-order chi connectivity index (χ1) is 15.7. The molecule has 2 heterocycles. The molecule has 2 aliphatic rings. The van der Waals surface area contributed by atoms with Crippen molar-refractivity contribution >= 4 is 33.3 Å². The number of thiazole rings is 1. The number of para-hydroxylation sites is 1. The lowest BCUT2D eigenvalue weighted by Gasteiger charge is -2.28. The molecule has 2 saturated carbocycles. The summed E-state index contributed by atoms with van der Waals surface area (Å²) >= 11 is 1.39. The molecule has 3 aromatic rings. The zero-order chi connectivity index (χ0) is 23.3. The van der Waals surface area contributed by atoms with Gasteiger partial charge in [-0.1, -0.05) is 12.1 Å². The fourth-order valence-corrected chi connectivity index (χ4v) is 5.63. The molecule has 2 aliphatic carbocycles. The zero-order valence-electron chi connectivity index (χ0n) is 18.6. The standard InChI is InChI=1S/C23H29N5O4S/c1-23(2,32)12-10-14(18(30)17(12)29)25-19-16(21-26-13-8-3-4-9-15(13)33-21)20(31)28-22(27-19)24-11-6-5-7-11/h3-4,8-9,11-12,14,17-18,29-30,32H,5-7,10H2,1-2H3,(H3,24,25,27,28,31)/t12-,14+,17+,18-/m0/s1. The van der Waals surface area contributed by atoms with Crippen LogP contribution in [0.15, 0.2) is 29.1 Å². The van der Waals surface area contributed by atoms with Crippen LogP contribution in [0.3, 0.4) is 0 Å². The third kappa shape index (κ3) is 4.23.